The van der Waals surface area contributed by atoms with E-state index < -0.39 is 0 Å². The van der Waals surface area contributed by atoms with Gasteiger partial charge in [-0.2, -0.15) is 0 Å². The van der Waals surface area contributed by atoms with E-state index in [0.29, 0.717) is 0 Å². The molecule has 0 atom stereocenters. The van der Waals surface area contributed by atoms with Gasteiger partial charge in [-0.3, -0.25) is 0 Å². The predicted molar refractivity (Wildman–Crippen MR) is 114 cm³/mol. The third kappa shape index (κ3) is 5.46. The molecule has 4 heterocycles. The maximum Gasteiger partial charge on any atom is 0.0120 e. The molecule has 4 saturated heterocycles. The molecule has 0 saturated carbocycles. The lowest BCUT2D eigenvalue weighted by Crippen LogP contribution is -2.52. The Hall–Kier alpha value is -0.160. The third-order valence-corrected chi connectivity index (χ3v) is 8.29. The second-order valence-electron chi connectivity index (χ2n) is 9.88. The Morgan fingerprint density at radius 1 is 0.630 bits per heavy atom. The second kappa shape index (κ2) is 10.0. The minimum absolute atomic E-state index is 0.870. The summed E-state index contributed by atoms with van der Waals surface area (Å²) in [6.45, 7) is 14.4. The maximum absolute atomic E-state index is 3.51. The lowest BCUT2D eigenvalue weighted by Gasteiger charge is -2.45. The average Bonchev–Trinajstić information content (AvgIpc) is 2.76. The Balaban J connectivity index is 1.14. The molecule has 4 rings (SSSR count). The van der Waals surface area contributed by atoms with Gasteiger partial charge in [0.1, 0.15) is 0 Å². The van der Waals surface area contributed by atoms with Crippen molar-refractivity contribution in [2.24, 2.45) is 11.8 Å². The Labute approximate surface area is 168 Å². The first-order valence-corrected chi connectivity index (χ1v) is 12.2. The van der Waals surface area contributed by atoms with Gasteiger partial charge in [-0.15, -0.1) is 0 Å². The lowest BCUT2D eigenvalue weighted by atomic mass is 9.90. The molecule has 4 aliphatic heterocycles. The summed E-state index contributed by atoms with van der Waals surface area (Å²) in [7, 11) is 0. The number of nitrogens with zero attached hydrogens (tertiary/aromatic N) is 3. The van der Waals surface area contributed by atoms with Gasteiger partial charge in [0.25, 0.3) is 0 Å². The number of hydrogen-bond donors (Lipinski definition) is 1. The molecule has 4 fully saturated rings. The van der Waals surface area contributed by atoms with E-state index in [4.69, 9.17) is 0 Å². The fourth-order valence-corrected chi connectivity index (χ4v) is 6.23. The smallest absolute Gasteiger partial charge is 0.0120 e. The summed E-state index contributed by atoms with van der Waals surface area (Å²) in [6.07, 6.45) is 12.7. The van der Waals surface area contributed by atoms with Gasteiger partial charge < -0.3 is 20.0 Å². The first kappa shape index (κ1) is 20.1. The molecule has 4 heteroatoms. The van der Waals surface area contributed by atoms with Gasteiger partial charge in [0.15, 0.2) is 0 Å². The minimum Gasteiger partial charge on any atom is -0.317 e. The first-order chi connectivity index (χ1) is 13.3. The molecular formula is C23H44N4. The summed E-state index contributed by atoms with van der Waals surface area (Å²) in [5, 5.41) is 3.51. The monoisotopic (exact) mass is 376 g/mol. The molecule has 0 radical (unpaired) electrons. The molecule has 0 aliphatic carbocycles. The summed E-state index contributed by atoms with van der Waals surface area (Å²) in [5.74, 6) is 1.98. The lowest BCUT2D eigenvalue weighted by molar-refractivity contribution is 0.0467. The molecule has 0 aromatic rings. The molecule has 0 aromatic carbocycles. The van der Waals surface area contributed by atoms with Crippen LogP contribution in [0.3, 0.4) is 0 Å². The molecule has 0 aromatic heterocycles. The molecule has 0 unspecified atom stereocenters. The van der Waals surface area contributed by atoms with Gasteiger partial charge in [0.2, 0.25) is 0 Å². The summed E-state index contributed by atoms with van der Waals surface area (Å²) >= 11 is 0. The largest absolute Gasteiger partial charge is 0.317 e. The van der Waals surface area contributed by atoms with E-state index in [1.165, 1.54) is 117 Å². The first-order valence-electron chi connectivity index (χ1n) is 12.2. The molecule has 27 heavy (non-hydrogen) atoms. The van der Waals surface area contributed by atoms with Gasteiger partial charge in [0.05, 0.1) is 0 Å². The van der Waals surface area contributed by atoms with Crippen LogP contribution < -0.4 is 5.32 Å². The van der Waals surface area contributed by atoms with Gasteiger partial charge in [-0.05, 0) is 116 Å². The number of likely N-dealkylation sites (tertiary alicyclic amines) is 3. The van der Waals surface area contributed by atoms with Crippen molar-refractivity contribution in [1.82, 2.24) is 20.0 Å². The Morgan fingerprint density at radius 3 is 1.74 bits per heavy atom. The van der Waals surface area contributed by atoms with Gasteiger partial charge >= 0.3 is 0 Å². The van der Waals surface area contributed by atoms with Crippen LogP contribution in [0.1, 0.15) is 64.7 Å². The van der Waals surface area contributed by atoms with Crippen LogP contribution in [0.5, 0.6) is 0 Å². The second-order valence-corrected chi connectivity index (χ2v) is 9.88. The Morgan fingerprint density at radius 2 is 1.15 bits per heavy atom. The van der Waals surface area contributed by atoms with Gasteiger partial charge in [0, 0.05) is 18.6 Å². The molecule has 0 bridgehead atoms. The summed E-state index contributed by atoms with van der Waals surface area (Å²) in [4.78, 5) is 8.45. The van der Waals surface area contributed by atoms with Crippen molar-refractivity contribution in [2.75, 3.05) is 58.9 Å². The van der Waals surface area contributed by atoms with Crippen LogP contribution in [-0.4, -0.2) is 85.7 Å². The van der Waals surface area contributed by atoms with Crippen LogP contribution in [0.15, 0.2) is 0 Å². The Bertz CT molecular complexity index is 412. The molecule has 0 spiro atoms. The zero-order chi connectivity index (χ0) is 18.5. The van der Waals surface area contributed by atoms with Crippen LogP contribution in [0.2, 0.25) is 0 Å². The quantitative estimate of drug-likeness (QED) is 0.796. The van der Waals surface area contributed by atoms with Crippen LogP contribution in [0.4, 0.5) is 0 Å². The van der Waals surface area contributed by atoms with E-state index in [1.54, 1.807) is 0 Å². The van der Waals surface area contributed by atoms with Gasteiger partial charge in [-0.1, -0.05) is 13.3 Å². The van der Waals surface area contributed by atoms with Crippen LogP contribution in [0, 0.1) is 11.8 Å². The van der Waals surface area contributed by atoms with Crippen LogP contribution in [-0.2, 0) is 0 Å². The molecule has 4 aliphatic rings. The van der Waals surface area contributed by atoms with Crippen molar-refractivity contribution in [3.05, 3.63) is 0 Å². The molecular weight excluding hydrogens is 332 g/mol. The molecule has 156 valence electrons. The number of hydrogen-bond acceptors (Lipinski definition) is 4. The summed E-state index contributed by atoms with van der Waals surface area (Å²) < 4.78 is 0. The van der Waals surface area contributed by atoms with E-state index in [2.05, 4.69) is 26.9 Å². The van der Waals surface area contributed by atoms with E-state index in [-0.39, 0.29) is 0 Å². The SMILES string of the molecule is CCC1CCN(CC2CCN(C3CCN(C4CCNCC4)CC3)CC2)CC1. The van der Waals surface area contributed by atoms with Crippen molar-refractivity contribution in [3.8, 4) is 0 Å². The highest BCUT2D eigenvalue weighted by Crippen LogP contribution is 2.27. The normalized spacial score (nSPS) is 30.1. The van der Waals surface area contributed by atoms with Gasteiger partial charge in [-0.25, -0.2) is 0 Å². The van der Waals surface area contributed by atoms with Crippen molar-refractivity contribution in [2.45, 2.75) is 76.8 Å². The van der Waals surface area contributed by atoms with Crippen molar-refractivity contribution in [3.63, 3.8) is 0 Å². The third-order valence-electron chi connectivity index (χ3n) is 8.29. The summed E-state index contributed by atoms with van der Waals surface area (Å²) in [6, 6.07) is 1.75. The van der Waals surface area contributed by atoms with E-state index in [0.717, 1.165) is 23.9 Å². The fraction of sp³-hybridized carbons (Fsp3) is 1.00. The highest BCUT2D eigenvalue weighted by Gasteiger charge is 2.31. The average molecular weight is 377 g/mol. The molecule has 1 N–H and O–H groups in total. The number of rotatable bonds is 5. The molecule has 4 nitrogen and oxygen atoms in total. The minimum atomic E-state index is 0.870. The van der Waals surface area contributed by atoms with Crippen LogP contribution in [0.25, 0.3) is 0 Å². The standard InChI is InChI=1S/C23H44N4/c1-2-20-5-13-25(14-6-20)19-21-7-15-26(16-8-21)23-9-17-27(18-10-23)22-3-11-24-12-4-22/h20-24H,2-19H2,1H3. The van der Waals surface area contributed by atoms with Crippen molar-refractivity contribution < 1.29 is 0 Å². The number of nitrogens with one attached hydrogen (secondary N) is 1. The zero-order valence-electron chi connectivity index (χ0n) is 17.9. The molecule has 0 amide bonds. The number of piperidine rings is 4. The Kier molecular flexibility index (Phi) is 7.49. The predicted octanol–water partition coefficient (Wildman–Crippen LogP) is 3.04. The highest BCUT2D eigenvalue weighted by molar-refractivity contribution is 4.87. The van der Waals surface area contributed by atoms with E-state index in [9.17, 15) is 0 Å². The topological polar surface area (TPSA) is 21.8 Å². The van der Waals surface area contributed by atoms with E-state index in [1.807, 2.05) is 0 Å². The van der Waals surface area contributed by atoms with E-state index >= 15 is 0 Å². The van der Waals surface area contributed by atoms with Crippen molar-refractivity contribution >= 4 is 0 Å². The maximum atomic E-state index is 3.51. The highest BCUT2D eigenvalue weighted by atomic mass is 15.2. The zero-order valence-corrected chi connectivity index (χ0v) is 17.9. The van der Waals surface area contributed by atoms with Crippen LogP contribution >= 0.6 is 0 Å². The fourth-order valence-electron chi connectivity index (χ4n) is 6.23. The van der Waals surface area contributed by atoms with Crippen molar-refractivity contribution in [1.29, 1.82) is 0 Å². The summed E-state index contributed by atoms with van der Waals surface area (Å²) in [5.41, 5.74) is 0.